The summed E-state index contributed by atoms with van der Waals surface area (Å²) in [5.74, 6) is -1.04. The summed E-state index contributed by atoms with van der Waals surface area (Å²) in [6.07, 6.45) is 2.41. The molecule has 96 valence electrons. The van der Waals surface area contributed by atoms with Crippen molar-refractivity contribution in [1.82, 2.24) is 0 Å². The van der Waals surface area contributed by atoms with Crippen LogP contribution in [-0.2, 0) is 16.0 Å². The van der Waals surface area contributed by atoms with Gasteiger partial charge in [-0.3, -0.25) is 9.59 Å². The van der Waals surface area contributed by atoms with Gasteiger partial charge in [-0.25, -0.2) is 0 Å². The zero-order valence-corrected chi connectivity index (χ0v) is 9.98. The third kappa shape index (κ3) is 2.68. The molecular weight excluding hydrogens is 232 g/mol. The third-order valence-electron chi connectivity index (χ3n) is 3.27. The number of carbonyl (C=O) groups excluding carboxylic acids is 1. The number of hydrogen-bond donors (Lipinski definition) is 3. The quantitative estimate of drug-likeness (QED) is 0.744. The first-order valence-electron chi connectivity index (χ1n) is 5.91. The molecule has 1 aromatic rings. The van der Waals surface area contributed by atoms with Crippen LogP contribution in [0.3, 0.4) is 0 Å². The van der Waals surface area contributed by atoms with Crippen molar-refractivity contribution in [2.75, 3.05) is 5.32 Å². The lowest BCUT2D eigenvalue weighted by atomic mass is 9.77. The molecule has 0 aliphatic heterocycles. The van der Waals surface area contributed by atoms with Gasteiger partial charge < -0.3 is 16.2 Å². The fraction of sp³-hybridized carbons (Fsp3) is 0.385. The molecule has 0 heterocycles. The Bertz CT molecular complexity index is 464. The van der Waals surface area contributed by atoms with Gasteiger partial charge in [-0.05, 0) is 37.0 Å². The Morgan fingerprint density at radius 1 is 1.28 bits per heavy atom. The molecule has 0 spiro atoms. The smallest absolute Gasteiger partial charge is 0.307 e. The molecule has 0 unspecified atom stereocenters. The highest BCUT2D eigenvalue weighted by Crippen LogP contribution is 2.30. The monoisotopic (exact) mass is 248 g/mol. The Morgan fingerprint density at radius 2 is 1.89 bits per heavy atom. The summed E-state index contributed by atoms with van der Waals surface area (Å²) in [5, 5.41) is 11.4. The number of carbonyl (C=O) groups is 2. The first-order valence-corrected chi connectivity index (χ1v) is 5.91. The molecule has 0 atom stereocenters. The van der Waals surface area contributed by atoms with Crippen molar-refractivity contribution in [3.05, 3.63) is 29.8 Å². The van der Waals surface area contributed by atoms with Gasteiger partial charge in [0.2, 0.25) is 5.91 Å². The number of amides is 1. The summed E-state index contributed by atoms with van der Waals surface area (Å²) in [5.41, 5.74) is 6.52. The molecule has 1 aliphatic carbocycles. The summed E-state index contributed by atoms with van der Waals surface area (Å²) in [4.78, 5) is 22.4. The van der Waals surface area contributed by atoms with Crippen LogP contribution in [0.4, 0.5) is 5.69 Å². The van der Waals surface area contributed by atoms with Gasteiger partial charge in [0.05, 0.1) is 12.0 Å². The molecule has 4 N–H and O–H groups in total. The predicted molar refractivity (Wildman–Crippen MR) is 67.2 cm³/mol. The normalized spacial score (nSPS) is 16.7. The molecule has 1 aromatic carbocycles. The third-order valence-corrected chi connectivity index (χ3v) is 3.27. The lowest BCUT2D eigenvalue weighted by molar-refractivity contribution is -0.136. The molecule has 0 bridgehead atoms. The molecule has 1 aliphatic rings. The van der Waals surface area contributed by atoms with Gasteiger partial charge in [-0.2, -0.15) is 0 Å². The number of benzene rings is 1. The van der Waals surface area contributed by atoms with E-state index in [1.807, 2.05) is 0 Å². The molecule has 0 radical (unpaired) electrons. The number of carboxylic acids is 1. The fourth-order valence-corrected chi connectivity index (χ4v) is 1.92. The van der Waals surface area contributed by atoms with E-state index in [0.717, 1.165) is 19.3 Å². The SMILES string of the molecule is NC1(C(=O)Nc2ccc(CC(=O)O)cc2)CCC1. The van der Waals surface area contributed by atoms with Crippen molar-refractivity contribution in [3.8, 4) is 0 Å². The van der Waals surface area contributed by atoms with Crippen LogP contribution >= 0.6 is 0 Å². The highest BCUT2D eigenvalue weighted by Gasteiger charge is 2.40. The summed E-state index contributed by atoms with van der Waals surface area (Å²) in [6, 6.07) is 6.76. The van der Waals surface area contributed by atoms with E-state index in [-0.39, 0.29) is 12.3 Å². The van der Waals surface area contributed by atoms with Crippen molar-refractivity contribution >= 4 is 17.6 Å². The average Bonchev–Trinajstić information content (AvgIpc) is 2.28. The van der Waals surface area contributed by atoms with E-state index in [2.05, 4.69) is 5.32 Å². The Kier molecular flexibility index (Phi) is 3.34. The minimum Gasteiger partial charge on any atom is -0.481 e. The van der Waals surface area contributed by atoms with Gasteiger partial charge >= 0.3 is 5.97 Å². The number of anilines is 1. The maximum Gasteiger partial charge on any atom is 0.307 e. The number of hydrogen-bond acceptors (Lipinski definition) is 3. The number of carboxylic acid groups (broad SMARTS) is 1. The van der Waals surface area contributed by atoms with Gasteiger partial charge in [0, 0.05) is 5.69 Å². The van der Waals surface area contributed by atoms with E-state index >= 15 is 0 Å². The summed E-state index contributed by atoms with van der Waals surface area (Å²) in [7, 11) is 0. The minimum atomic E-state index is -0.873. The Hall–Kier alpha value is -1.88. The Labute approximate surface area is 105 Å². The van der Waals surface area contributed by atoms with Crippen molar-refractivity contribution in [2.45, 2.75) is 31.2 Å². The van der Waals surface area contributed by atoms with Crippen LogP contribution in [0.25, 0.3) is 0 Å². The molecule has 1 fully saturated rings. The molecule has 2 rings (SSSR count). The van der Waals surface area contributed by atoms with Crippen molar-refractivity contribution in [2.24, 2.45) is 5.73 Å². The zero-order chi connectivity index (χ0) is 13.2. The topological polar surface area (TPSA) is 92.4 Å². The van der Waals surface area contributed by atoms with Gasteiger partial charge in [0.15, 0.2) is 0 Å². The largest absolute Gasteiger partial charge is 0.481 e. The highest BCUT2D eigenvalue weighted by molar-refractivity contribution is 5.98. The van der Waals surface area contributed by atoms with Crippen LogP contribution in [0, 0.1) is 0 Å². The minimum absolute atomic E-state index is 0.0188. The van der Waals surface area contributed by atoms with Crippen LogP contribution in [-0.4, -0.2) is 22.5 Å². The number of rotatable bonds is 4. The Balaban J connectivity index is 1.97. The second kappa shape index (κ2) is 4.78. The van der Waals surface area contributed by atoms with Gasteiger partial charge in [0.1, 0.15) is 0 Å². The second-order valence-corrected chi connectivity index (χ2v) is 4.73. The van der Waals surface area contributed by atoms with E-state index in [4.69, 9.17) is 10.8 Å². The van der Waals surface area contributed by atoms with Crippen LogP contribution in [0.2, 0.25) is 0 Å². The highest BCUT2D eigenvalue weighted by atomic mass is 16.4. The van der Waals surface area contributed by atoms with Gasteiger partial charge in [-0.15, -0.1) is 0 Å². The maximum absolute atomic E-state index is 11.8. The first-order chi connectivity index (χ1) is 8.49. The lowest BCUT2D eigenvalue weighted by Crippen LogP contribution is -2.56. The van der Waals surface area contributed by atoms with Gasteiger partial charge in [-0.1, -0.05) is 12.1 Å². The molecule has 0 saturated heterocycles. The van der Waals surface area contributed by atoms with Crippen LogP contribution in [0.1, 0.15) is 24.8 Å². The second-order valence-electron chi connectivity index (χ2n) is 4.73. The predicted octanol–water partition coefficient (Wildman–Crippen LogP) is 1.13. The number of nitrogens with two attached hydrogens (primary N) is 1. The standard InChI is InChI=1S/C13H16N2O3/c14-13(6-1-7-13)12(18)15-10-4-2-9(3-5-10)8-11(16)17/h2-5H,1,6-8,14H2,(H,15,18)(H,16,17). The van der Waals surface area contributed by atoms with E-state index in [1.165, 1.54) is 0 Å². The number of aliphatic carboxylic acids is 1. The van der Waals surface area contributed by atoms with E-state index < -0.39 is 11.5 Å². The number of nitrogens with one attached hydrogen (secondary N) is 1. The molecule has 5 heteroatoms. The van der Waals surface area contributed by atoms with Crippen LogP contribution in [0.15, 0.2) is 24.3 Å². The van der Waals surface area contributed by atoms with Crippen molar-refractivity contribution in [1.29, 1.82) is 0 Å². The lowest BCUT2D eigenvalue weighted by Gasteiger charge is -2.36. The Morgan fingerprint density at radius 3 is 2.33 bits per heavy atom. The van der Waals surface area contributed by atoms with E-state index in [9.17, 15) is 9.59 Å². The molecular formula is C13H16N2O3. The van der Waals surface area contributed by atoms with Crippen molar-refractivity contribution in [3.63, 3.8) is 0 Å². The van der Waals surface area contributed by atoms with Crippen LogP contribution < -0.4 is 11.1 Å². The molecule has 1 saturated carbocycles. The van der Waals surface area contributed by atoms with Crippen molar-refractivity contribution < 1.29 is 14.7 Å². The fourth-order valence-electron chi connectivity index (χ4n) is 1.92. The summed E-state index contributed by atoms with van der Waals surface area (Å²) in [6.45, 7) is 0. The van der Waals surface area contributed by atoms with E-state index in [1.54, 1.807) is 24.3 Å². The maximum atomic E-state index is 11.8. The summed E-state index contributed by atoms with van der Waals surface area (Å²) >= 11 is 0. The van der Waals surface area contributed by atoms with E-state index in [0.29, 0.717) is 11.3 Å². The average molecular weight is 248 g/mol. The van der Waals surface area contributed by atoms with Gasteiger partial charge in [0.25, 0.3) is 0 Å². The summed E-state index contributed by atoms with van der Waals surface area (Å²) < 4.78 is 0. The molecule has 18 heavy (non-hydrogen) atoms. The zero-order valence-electron chi connectivity index (χ0n) is 9.98. The molecule has 0 aromatic heterocycles. The van der Waals surface area contributed by atoms with Crippen LogP contribution in [0.5, 0.6) is 0 Å². The molecule has 5 nitrogen and oxygen atoms in total. The first kappa shape index (κ1) is 12.6. The molecule has 1 amide bonds.